The maximum atomic E-state index is 13.4. The predicted molar refractivity (Wildman–Crippen MR) is 121 cm³/mol. The van der Waals surface area contributed by atoms with Gasteiger partial charge in [-0.05, 0) is 48.9 Å². The third-order valence-electron chi connectivity index (χ3n) is 4.58. The molecular weight excluding hydrogens is 495 g/mol. The average Bonchev–Trinajstić information content (AvgIpc) is 2.69. The number of hydrogen-bond donors (Lipinski definition) is 0. The maximum Gasteiger partial charge on any atom is 0.185 e. The standard InChI is InChI=1S/C22H17BrCl2O3S/c1-14-2-9-18(10-3-14)29(27,28)22(16-6-11-19(24)20(25)12-16)13-21(26)15-4-7-17(23)8-5-15/h2-12,22H,13H2,1H3/t22-/m0/s1. The summed E-state index contributed by atoms with van der Waals surface area (Å²) in [6.45, 7) is 1.88. The summed E-state index contributed by atoms with van der Waals surface area (Å²) in [4.78, 5) is 13.0. The van der Waals surface area contributed by atoms with Crippen molar-refractivity contribution in [1.82, 2.24) is 0 Å². The lowest BCUT2D eigenvalue weighted by Crippen LogP contribution is -2.18. The van der Waals surface area contributed by atoms with E-state index in [1.165, 1.54) is 6.07 Å². The minimum atomic E-state index is -3.84. The molecule has 0 aliphatic carbocycles. The van der Waals surface area contributed by atoms with E-state index in [-0.39, 0.29) is 22.1 Å². The Labute approximate surface area is 188 Å². The van der Waals surface area contributed by atoms with Gasteiger partial charge in [0.1, 0.15) is 0 Å². The van der Waals surface area contributed by atoms with E-state index in [0.717, 1.165) is 10.0 Å². The number of halogens is 3. The number of benzene rings is 3. The van der Waals surface area contributed by atoms with Gasteiger partial charge in [0.05, 0.1) is 20.2 Å². The molecule has 0 spiro atoms. The first-order valence-corrected chi connectivity index (χ1v) is 11.8. The van der Waals surface area contributed by atoms with Gasteiger partial charge in [0, 0.05) is 16.5 Å². The van der Waals surface area contributed by atoms with Gasteiger partial charge in [-0.1, -0.05) is 75.0 Å². The first-order chi connectivity index (χ1) is 13.7. The molecule has 7 heteroatoms. The molecule has 150 valence electrons. The molecular formula is C22H17BrCl2O3S. The summed E-state index contributed by atoms with van der Waals surface area (Å²) in [5, 5.41) is -0.526. The fourth-order valence-corrected chi connectivity index (χ4v) is 5.22. The van der Waals surface area contributed by atoms with Gasteiger partial charge in [-0.3, -0.25) is 4.79 Å². The van der Waals surface area contributed by atoms with Gasteiger partial charge in [-0.25, -0.2) is 8.42 Å². The number of Topliss-reactive ketones (excluding diaryl/α,β-unsaturated/α-hetero) is 1. The molecule has 0 radical (unpaired) electrons. The molecule has 29 heavy (non-hydrogen) atoms. The predicted octanol–water partition coefficient (Wildman–Crippen LogP) is 6.85. The topological polar surface area (TPSA) is 51.2 Å². The molecule has 0 heterocycles. The second kappa shape index (κ2) is 9.00. The van der Waals surface area contributed by atoms with Gasteiger partial charge in [-0.2, -0.15) is 0 Å². The molecule has 0 aliphatic heterocycles. The van der Waals surface area contributed by atoms with E-state index < -0.39 is 15.1 Å². The molecule has 3 aromatic carbocycles. The molecule has 0 aromatic heterocycles. The zero-order chi connectivity index (χ0) is 21.2. The molecule has 0 aliphatic rings. The normalized spacial score (nSPS) is 12.6. The summed E-state index contributed by atoms with van der Waals surface area (Å²) in [5.41, 5.74) is 1.81. The Morgan fingerprint density at radius 2 is 1.55 bits per heavy atom. The Kier molecular flexibility index (Phi) is 6.84. The third-order valence-corrected chi connectivity index (χ3v) is 7.96. The summed E-state index contributed by atoms with van der Waals surface area (Å²) in [6.07, 6.45) is -0.212. The fraction of sp³-hybridized carbons (Fsp3) is 0.136. The molecule has 0 saturated heterocycles. The lowest BCUT2D eigenvalue weighted by molar-refractivity contribution is 0.0980. The van der Waals surface area contributed by atoms with E-state index in [0.29, 0.717) is 16.1 Å². The van der Waals surface area contributed by atoms with E-state index in [1.807, 2.05) is 6.92 Å². The highest BCUT2D eigenvalue weighted by atomic mass is 79.9. The second-order valence-corrected chi connectivity index (χ2v) is 10.5. The van der Waals surface area contributed by atoms with Crippen LogP contribution in [0.2, 0.25) is 10.0 Å². The maximum absolute atomic E-state index is 13.4. The van der Waals surface area contributed by atoms with Crippen molar-refractivity contribution in [2.24, 2.45) is 0 Å². The van der Waals surface area contributed by atoms with Crippen LogP contribution in [0.3, 0.4) is 0 Å². The van der Waals surface area contributed by atoms with Crippen LogP contribution in [0.5, 0.6) is 0 Å². The monoisotopic (exact) mass is 510 g/mol. The van der Waals surface area contributed by atoms with Gasteiger partial charge in [0.15, 0.2) is 15.6 Å². The highest BCUT2D eigenvalue weighted by Gasteiger charge is 2.32. The zero-order valence-corrected chi connectivity index (χ0v) is 19.3. The van der Waals surface area contributed by atoms with Crippen molar-refractivity contribution < 1.29 is 13.2 Å². The van der Waals surface area contributed by atoms with Crippen LogP contribution in [0.25, 0.3) is 0 Å². The number of carbonyl (C=O) groups excluding carboxylic acids is 1. The largest absolute Gasteiger partial charge is 0.294 e. The molecule has 1 atom stereocenters. The van der Waals surface area contributed by atoms with E-state index in [1.54, 1.807) is 60.7 Å². The summed E-state index contributed by atoms with van der Waals surface area (Å²) in [7, 11) is -3.84. The number of hydrogen-bond acceptors (Lipinski definition) is 3. The highest BCUT2D eigenvalue weighted by Crippen LogP contribution is 2.36. The molecule has 0 saturated carbocycles. The molecule has 0 fully saturated rings. The Hall–Kier alpha value is -1.66. The molecule has 0 bridgehead atoms. The van der Waals surface area contributed by atoms with Crippen molar-refractivity contribution in [3.63, 3.8) is 0 Å². The Bertz CT molecular complexity index is 1140. The van der Waals surface area contributed by atoms with Gasteiger partial charge in [0.25, 0.3) is 0 Å². The molecule has 0 unspecified atom stereocenters. The van der Waals surface area contributed by atoms with Crippen LogP contribution in [0.4, 0.5) is 0 Å². The lowest BCUT2D eigenvalue weighted by atomic mass is 10.0. The van der Waals surface area contributed by atoms with E-state index in [4.69, 9.17) is 23.2 Å². The molecule has 3 aromatic rings. The average molecular weight is 512 g/mol. The number of carbonyl (C=O) groups is 1. The highest BCUT2D eigenvalue weighted by molar-refractivity contribution is 9.10. The number of rotatable bonds is 6. The van der Waals surface area contributed by atoms with Crippen LogP contribution in [-0.4, -0.2) is 14.2 Å². The van der Waals surface area contributed by atoms with Gasteiger partial charge >= 0.3 is 0 Å². The minimum absolute atomic E-state index is 0.155. The van der Waals surface area contributed by atoms with Crippen LogP contribution in [0, 0.1) is 6.92 Å². The van der Waals surface area contributed by atoms with Crippen molar-refractivity contribution in [2.45, 2.75) is 23.5 Å². The van der Waals surface area contributed by atoms with Gasteiger partial charge < -0.3 is 0 Å². The Morgan fingerprint density at radius 1 is 0.931 bits per heavy atom. The first-order valence-electron chi connectivity index (χ1n) is 8.73. The Balaban J connectivity index is 2.05. The van der Waals surface area contributed by atoms with E-state index in [9.17, 15) is 13.2 Å². The Morgan fingerprint density at radius 3 is 2.14 bits per heavy atom. The molecule has 0 N–H and O–H groups in total. The molecule has 0 amide bonds. The summed E-state index contributed by atoms with van der Waals surface area (Å²) < 4.78 is 27.7. The number of ketones is 1. The smallest absolute Gasteiger partial charge is 0.185 e. The third kappa shape index (κ3) is 5.10. The quantitative estimate of drug-likeness (QED) is 0.340. The van der Waals surface area contributed by atoms with Crippen LogP contribution in [0.15, 0.2) is 76.1 Å². The van der Waals surface area contributed by atoms with Crippen molar-refractivity contribution >= 4 is 54.8 Å². The van der Waals surface area contributed by atoms with Crippen molar-refractivity contribution in [1.29, 1.82) is 0 Å². The first kappa shape index (κ1) is 22.0. The van der Waals surface area contributed by atoms with Crippen molar-refractivity contribution in [3.05, 3.63) is 97.9 Å². The van der Waals surface area contributed by atoms with Gasteiger partial charge in [0.2, 0.25) is 0 Å². The summed E-state index contributed by atoms with van der Waals surface area (Å²) >= 11 is 15.5. The molecule has 3 rings (SSSR count). The van der Waals surface area contributed by atoms with E-state index in [2.05, 4.69) is 15.9 Å². The van der Waals surface area contributed by atoms with Crippen molar-refractivity contribution in [2.75, 3.05) is 0 Å². The zero-order valence-electron chi connectivity index (χ0n) is 15.4. The van der Waals surface area contributed by atoms with Gasteiger partial charge in [-0.15, -0.1) is 0 Å². The minimum Gasteiger partial charge on any atom is -0.294 e. The summed E-state index contributed by atoms with van der Waals surface area (Å²) in [6, 6.07) is 18.0. The van der Waals surface area contributed by atoms with E-state index >= 15 is 0 Å². The van der Waals surface area contributed by atoms with Crippen LogP contribution >= 0.6 is 39.1 Å². The lowest BCUT2D eigenvalue weighted by Gasteiger charge is -2.19. The fourth-order valence-electron chi connectivity index (χ4n) is 2.93. The molecule has 3 nitrogen and oxygen atoms in total. The SMILES string of the molecule is Cc1ccc(S(=O)(=O)[C@@H](CC(=O)c2ccc(Br)cc2)c2ccc(Cl)c(Cl)c2)cc1. The summed E-state index contributed by atoms with van der Waals surface area (Å²) in [5.74, 6) is -0.274. The van der Waals surface area contributed by atoms with Crippen LogP contribution < -0.4 is 0 Å². The van der Waals surface area contributed by atoms with Crippen molar-refractivity contribution in [3.8, 4) is 0 Å². The second-order valence-electron chi connectivity index (χ2n) is 6.65. The van der Waals surface area contributed by atoms with Crippen LogP contribution in [0.1, 0.15) is 33.2 Å². The number of sulfone groups is 1. The van der Waals surface area contributed by atoms with Crippen LogP contribution in [-0.2, 0) is 9.84 Å². The number of aryl methyl sites for hydroxylation is 1.